The van der Waals surface area contributed by atoms with Crippen LogP contribution in [-0.2, 0) is 26.1 Å². The van der Waals surface area contributed by atoms with Crippen molar-refractivity contribution in [3.63, 3.8) is 0 Å². The Morgan fingerprint density at radius 1 is 1.05 bits per heavy atom. The van der Waals surface area contributed by atoms with Gasteiger partial charge in [0, 0.05) is 57.6 Å². The van der Waals surface area contributed by atoms with Crippen molar-refractivity contribution in [3.05, 3.63) is 70.2 Å². The van der Waals surface area contributed by atoms with Gasteiger partial charge >= 0.3 is 5.69 Å². The summed E-state index contributed by atoms with van der Waals surface area (Å²) in [6.07, 6.45) is 8.84. The van der Waals surface area contributed by atoms with Gasteiger partial charge in [0.1, 0.15) is 24.0 Å². The minimum Gasteiger partial charge on any atom is -0.374 e. The number of nitrogens with zero attached hydrogens (tertiary/aromatic N) is 9. The number of fused-ring (bicyclic) bond motifs is 4. The Balaban J connectivity index is 0.688. The highest BCUT2D eigenvalue weighted by Crippen LogP contribution is 2.36. The molecule has 4 aliphatic heterocycles. The van der Waals surface area contributed by atoms with Crippen LogP contribution in [0.1, 0.15) is 97.9 Å². The molecule has 1 aliphatic carbocycles. The van der Waals surface area contributed by atoms with E-state index in [9.17, 15) is 28.0 Å². The summed E-state index contributed by atoms with van der Waals surface area (Å²) in [5.74, 6) is 6.10. The minimum atomic E-state index is -2.86. The molecule has 8 heterocycles. The molecule has 0 spiro atoms. The molecule has 10 rings (SSSR count). The normalized spacial score (nSPS) is 24.4. The minimum absolute atomic E-state index is 0.00783. The first-order valence-corrected chi connectivity index (χ1v) is 21.8. The Morgan fingerprint density at radius 3 is 2.62 bits per heavy atom. The summed E-state index contributed by atoms with van der Waals surface area (Å²) >= 11 is 0. The highest BCUT2D eigenvalue weighted by atomic mass is 19.3. The first-order chi connectivity index (χ1) is 30.6. The second-order valence-electron chi connectivity index (χ2n) is 17.4. The molecule has 2 bridgehead atoms. The van der Waals surface area contributed by atoms with E-state index in [1.807, 2.05) is 18.2 Å². The van der Waals surface area contributed by atoms with Crippen molar-refractivity contribution in [1.82, 2.24) is 43.7 Å². The lowest BCUT2D eigenvalue weighted by Crippen LogP contribution is -2.44. The fourth-order valence-electron chi connectivity index (χ4n) is 10.1. The smallest absolute Gasteiger partial charge is 0.329 e. The summed E-state index contributed by atoms with van der Waals surface area (Å²) in [6.45, 7) is 4.47. The number of hydrogen-bond donors (Lipinski definition) is 2. The highest BCUT2D eigenvalue weighted by Gasteiger charge is 2.40. The molecule has 3 amide bonds. The molecule has 19 heteroatoms. The number of anilines is 2. The van der Waals surface area contributed by atoms with Gasteiger partial charge in [-0.15, -0.1) is 0 Å². The maximum Gasteiger partial charge on any atom is 0.329 e. The zero-order valence-corrected chi connectivity index (χ0v) is 34.9. The van der Waals surface area contributed by atoms with Crippen LogP contribution >= 0.6 is 0 Å². The van der Waals surface area contributed by atoms with Gasteiger partial charge in [0.2, 0.25) is 11.8 Å². The van der Waals surface area contributed by atoms with Crippen molar-refractivity contribution < 1.29 is 32.6 Å². The quantitative estimate of drug-likeness (QED) is 0.154. The van der Waals surface area contributed by atoms with Crippen LogP contribution in [0.25, 0.3) is 16.7 Å². The van der Waals surface area contributed by atoms with E-state index in [0.29, 0.717) is 29.2 Å². The van der Waals surface area contributed by atoms with E-state index in [1.54, 1.807) is 24.0 Å². The number of halogens is 2. The number of amides is 3. The zero-order valence-electron chi connectivity index (χ0n) is 34.9. The number of nitrogens with one attached hydrogen (secondary N) is 2. The Kier molecular flexibility index (Phi) is 11.1. The maximum absolute atomic E-state index is 14.3. The van der Waals surface area contributed by atoms with Crippen LogP contribution in [0.2, 0.25) is 0 Å². The number of aryl methyl sites for hydroxylation is 1. The molecule has 1 unspecified atom stereocenters. The van der Waals surface area contributed by atoms with Crippen LogP contribution in [0.4, 0.5) is 20.3 Å². The summed E-state index contributed by atoms with van der Waals surface area (Å²) in [5, 5.41) is 13.6. The van der Waals surface area contributed by atoms with Crippen molar-refractivity contribution in [2.75, 3.05) is 49.6 Å². The molecule has 4 aromatic heterocycles. The van der Waals surface area contributed by atoms with E-state index in [4.69, 9.17) is 14.5 Å². The van der Waals surface area contributed by atoms with Crippen LogP contribution in [0.15, 0.2) is 47.7 Å². The lowest BCUT2D eigenvalue weighted by atomic mass is 9.85. The summed E-state index contributed by atoms with van der Waals surface area (Å²) in [4.78, 5) is 60.2. The predicted molar refractivity (Wildman–Crippen MR) is 226 cm³/mol. The number of imide groups is 1. The predicted octanol–water partition coefficient (Wildman–Crippen LogP) is 3.99. The largest absolute Gasteiger partial charge is 0.374 e. The fraction of sp³-hybridized carbons (Fsp3) is 0.523. The van der Waals surface area contributed by atoms with Gasteiger partial charge in [0.15, 0.2) is 11.3 Å². The van der Waals surface area contributed by atoms with Gasteiger partial charge in [0.25, 0.3) is 12.3 Å². The van der Waals surface area contributed by atoms with E-state index in [1.165, 1.54) is 26.0 Å². The van der Waals surface area contributed by atoms with Crippen molar-refractivity contribution in [1.29, 1.82) is 0 Å². The van der Waals surface area contributed by atoms with Crippen molar-refractivity contribution in [3.8, 4) is 11.8 Å². The third-order valence-electron chi connectivity index (χ3n) is 13.5. The van der Waals surface area contributed by atoms with Gasteiger partial charge in [-0.1, -0.05) is 11.8 Å². The Hall–Kier alpha value is -5.97. The Morgan fingerprint density at radius 2 is 1.87 bits per heavy atom. The van der Waals surface area contributed by atoms with Crippen molar-refractivity contribution in [2.24, 2.45) is 13.0 Å². The van der Waals surface area contributed by atoms with Crippen LogP contribution in [0, 0.1) is 17.8 Å². The second kappa shape index (κ2) is 17.0. The molecular formula is C44H49F2N11O6. The van der Waals surface area contributed by atoms with E-state index in [-0.39, 0.29) is 66.6 Å². The number of morpholine rings is 1. The first kappa shape index (κ1) is 41.1. The number of aromatic nitrogens is 7. The number of carbonyl (C=O) groups is 3. The number of alkyl halides is 2. The molecule has 17 nitrogen and oxygen atoms in total. The number of hydrogen-bond acceptors (Lipinski definition) is 11. The van der Waals surface area contributed by atoms with Gasteiger partial charge in [-0.25, -0.2) is 23.1 Å². The Labute approximate surface area is 360 Å². The molecule has 4 saturated heterocycles. The van der Waals surface area contributed by atoms with Gasteiger partial charge in [-0.05, 0) is 81.5 Å². The summed E-state index contributed by atoms with van der Waals surface area (Å²) in [6, 6.07) is 6.76. The third kappa shape index (κ3) is 8.11. The number of ether oxygens (including phenoxy) is 2. The summed E-state index contributed by atoms with van der Waals surface area (Å²) in [5.41, 5.74) is 1.77. The second-order valence-corrected chi connectivity index (χ2v) is 17.4. The molecule has 330 valence electrons. The first-order valence-electron chi connectivity index (χ1n) is 21.8. The molecule has 5 fully saturated rings. The summed E-state index contributed by atoms with van der Waals surface area (Å²) in [7, 11) is 1.66. The van der Waals surface area contributed by atoms with Crippen LogP contribution in [0.3, 0.4) is 0 Å². The van der Waals surface area contributed by atoms with Crippen molar-refractivity contribution in [2.45, 2.75) is 94.5 Å². The maximum atomic E-state index is 14.3. The molecule has 1 aromatic carbocycles. The zero-order chi connectivity index (χ0) is 43.4. The number of piperidine rings is 2. The van der Waals surface area contributed by atoms with Crippen LogP contribution in [-0.4, -0.2) is 114 Å². The van der Waals surface area contributed by atoms with E-state index in [0.717, 1.165) is 82.5 Å². The lowest BCUT2D eigenvalue weighted by molar-refractivity contribution is -0.135. The molecule has 5 aromatic rings. The standard InChI is InChI=1S/C44H49F2N11O6/c1-52-36-19-26(6-9-34(36)57(44(52)61)35-10-11-38(58)50-43(35)60)3-2-18-62-30-12-15-53(16-13-30)22-27-4-7-28(8-5-27)56-24-33(39(51-56)40(45)46)48-42(59)32-21-47-55-17-14-37(49-41(32)55)54-23-31-20-29(54)25-63-31/h6,9,14,17,19,21,24,27-31,35,40H,4-5,7-8,10-13,15-16,18,20,22-23,25H2,1H3,(H,48,59)(H,50,58,60)/t27-,28-,29-,31-,35?/m1/s1. The number of likely N-dealkylation sites (tertiary alicyclic amines) is 1. The van der Waals surface area contributed by atoms with Gasteiger partial charge in [0.05, 0.1) is 53.8 Å². The monoisotopic (exact) mass is 865 g/mol. The van der Waals surface area contributed by atoms with E-state index in [2.05, 4.69) is 42.5 Å². The number of benzene rings is 1. The SMILES string of the molecule is Cn1c(=O)n(C2CCC(=O)NC2=O)c2ccc(C#CCOC3CCN(C[C@H]4CC[C@H](n5cc(NC(=O)c6cnn7ccc(N8C[C@H]9C[C@@H]8CO9)nc67)c(C(F)F)n5)CC4)CC3)cc21. The highest BCUT2D eigenvalue weighted by molar-refractivity contribution is 6.08. The molecule has 1 saturated carbocycles. The molecule has 2 N–H and O–H groups in total. The lowest BCUT2D eigenvalue weighted by Gasteiger charge is -2.36. The van der Waals surface area contributed by atoms with Crippen LogP contribution < -0.4 is 21.2 Å². The van der Waals surface area contributed by atoms with Crippen molar-refractivity contribution >= 4 is 45.9 Å². The van der Waals surface area contributed by atoms with E-state index >= 15 is 0 Å². The molecular weight excluding hydrogens is 817 g/mol. The molecule has 5 aliphatic rings. The van der Waals surface area contributed by atoms with Gasteiger partial charge in [-0.3, -0.25) is 33.5 Å². The average molecular weight is 866 g/mol. The average Bonchev–Trinajstić information content (AvgIpc) is 4.13. The summed E-state index contributed by atoms with van der Waals surface area (Å²) < 4.78 is 46.5. The number of rotatable bonds is 10. The van der Waals surface area contributed by atoms with E-state index < -0.39 is 30.0 Å². The van der Waals surface area contributed by atoms with Crippen LogP contribution in [0.5, 0.6) is 0 Å². The third-order valence-corrected chi connectivity index (χ3v) is 13.5. The molecule has 63 heavy (non-hydrogen) atoms. The number of imidazole rings is 1. The molecule has 3 atom stereocenters. The molecule has 0 radical (unpaired) electrons. The Bertz CT molecular complexity index is 2700. The van der Waals surface area contributed by atoms with Gasteiger partial charge < -0.3 is 24.6 Å². The number of carbonyl (C=O) groups excluding carboxylic acids is 3. The fourth-order valence-corrected chi connectivity index (χ4v) is 10.1. The topological polar surface area (TPSA) is 175 Å². The van der Waals surface area contributed by atoms with Gasteiger partial charge in [-0.2, -0.15) is 10.2 Å².